The summed E-state index contributed by atoms with van der Waals surface area (Å²) in [4.78, 5) is 20.3. The fourth-order valence-corrected chi connectivity index (χ4v) is 0.265. The number of carbonyl (C=O) groups excluding carboxylic acids is 2. The quantitative estimate of drug-likeness (QED) is 0.302. The van der Waals surface area contributed by atoms with Crippen molar-refractivity contribution in [2.45, 2.75) is 0 Å². The van der Waals surface area contributed by atoms with Crippen molar-refractivity contribution in [3.63, 3.8) is 0 Å². The molecule has 0 aliphatic rings. The van der Waals surface area contributed by atoms with E-state index in [1.165, 1.54) is 6.08 Å². The van der Waals surface area contributed by atoms with Crippen LogP contribution in [0, 0.1) is 0 Å². The Kier molecular flexibility index (Phi) is 2.90. The first-order valence-corrected chi connectivity index (χ1v) is 2.50. The van der Waals surface area contributed by atoms with Crippen LogP contribution in [0.1, 0.15) is 0 Å². The summed E-state index contributed by atoms with van der Waals surface area (Å²) in [6.45, 7) is 3.26. The van der Waals surface area contributed by atoms with Crippen LogP contribution in [0.5, 0.6) is 0 Å². The number of carbonyl (C=O) groups is 2. The smallest absolute Gasteiger partial charge is 0.248 e. The first-order chi connectivity index (χ1) is 4.54. The molecule has 4 heteroatoms. The molecule has 0 fully saturated rings. The van der Waals surface area contributed by atoms with Gasteiger partial charge < -0.3 is 11.5 Å². The van der Waals surface area contributed by atoms with Gasteiger partial charge in [0.1, 0.15) is 0 Å². The monoisotopic (exact) mass is 141 g/mol. The SMILES string of the molecule is C=C(C=CC(N)=O)[13C](N)=O. The van der Waals surface area contributed by atoms with E-state index in [4.69, 9.17) is 11.5 Å². The van der Waals surface area contributed by atoms with E-state index in [0.29, 0.717) is 0 Å². The maximum atomic E-state index is 10.2. The zero-order chi connectivity index (χ0) is 8.15. The third-order valence-electron chi connectivity index (χ3n) is 0.765. The maximum Gasteiger partial charge on any atom is 0.248 e. The third-order valence-corrected chi connectivity index (χ3v) is 0.765. The van der Waals surface area contributed by atoms with E-state index in [0.717, 1.165) is 6.08 Å². The zero-order valence-corrected chi connectivity index (χ0v) is 5.33. The van der Waals surface area contributed by atoms with Gasteiger partial charge in [0.2, 0.25) is 11.8 Å². The molecule has 0 aromatic heterocycles. The van der Waals surface area contributed by atoms with Crippen LogP contribution in [0.3, 0.4) is 0 Å². The lowest BCUT2D eigenvalue weighted by atomic mass is 10.4. The number of hydrogen-bond acceptors (Lipinski definition) is 2. The molecule has 0 atom stereocenters. The van der Waals surface area contributed by atoms with Crippen molar-refractivity contribution in [1.29, 1.82) is 0 Å². The van der Waals surface area contributed by atoms with Crippen LogP contribution >= 0.6 is 0 Å². The van der Waals surface area contributed by atoms with Crippen LogP contribution in [-0.2, 0) is 9.59 Å². The van der Waals surface area contributed by atoms with E-state index in [1.54, 1.807) is 0 Å². The van der Waals surface area contributed by atoms with Crippen molar-refractivity contribution in [2.24, 2.45) is 11.5 Å². The molecule has 0 radical (unpaired) electrons. The molecule has 10 heavy (non-hydrogen) atoms. The van der Waals surface area contributed by atoms with Crippen LogP contribution < -0.4 is 11.5 Å². The molecule has 4 N–H and O–H groups in total. The van der Waals surface area contributed by atoms with Gasteiger partial charge >= 0.3 is 0 Å². The zero-order valence-electron chi connectivity index (χ0n) is 5.33. The van der Waals surface area contributed by atoms with Crippen LogP contribution in [0.4, 0.5) is 0 Å². The van der Waals surface area contributed by atoms with E-state index in [-0.39, 0.29) is 5.57 Å². The third kappa shape index (κ3) is 3.43. The second kappa shape index (κ2) is 3.45. The fourth-order valence-electron chi connectivity index (χ4n) is 0.265. The molecule has 0 saturated carbocycles. The number of rotatable bonds is 3. The van der Waals surface area contributed by atoms with Crippen LogP contribution in [-0.4, -0.2) is 11.8 Å². The Morgan fingerprint density at radius 1 is 1.20 bits per heavy atom. The molecule has 0 heterocycles. The number of primary amides is 2. The van der Waals surface area contributed by atoms with Gasteiger partial charge in [-0.2, -0.15) is 0 Å². The van der Waals surface area contributed by atoms with Gasteiger partial charge in [0.05, 0.1) is 0 Å². The summed E-state index contributed by atoms with van der Waals surface area (Å²) in [5, 5.41) is 0. The highest BCUT2D eigenvalue weighted by Gasteiger charge is 1.94. The molecule has 0 unspecified atom stereocenters. The number of amides is 2. The van der Waals surface area contributed by atoms with Gasteiger partial charge in [-0.1, -0.05) is 6.58 Å². The minimum Gasteiger partial charge on any atom is -0.366 e. The minimum atomic E-state index is -0.669. The normalized spacial score (nSPS) is 9.60. The Hall–Kier alpha value is -1.58. The average molecular weight is 141 g/mol. The van der Waals surface area contributed by atoms with E-state index < -0.39 is 11.8 Å². The van der Waals surface area contributed by atoms with E-state index in [2.05, 4.69) is 6.58 Å². The first-order valence-electron chi connectivity index (χ1n) is 2.50. The summed E-state index contributed by atoms with van der Waals surface area (Å²) in [6.07, 6.45) is 2.19. The van der Waals surface area contributed by atoms with Crippen molar-refractivity contribution < 1.29 is 9.59 Å². The van der Waals surface area contributed by atoms with Crippen LogP contribution in [0.15, 0.2) is 24.3 Å². The van der Waals surface area contributed by atoms with Gasteiger partial charge in [-0.3, -0.25) is 9.59 Å². The highest BCUT2D eigenvalue weighted by Crippen LogP contribution is 1.88. The van der Waals surface area contributed by atoms with E-state index >= 15 is 0 Å². The summed E-state index contributed by atoms with van der Waals surface area (Å²) < 4.78 is 0. The molecular formula is C6H8N2O2. The van der Waals surface area contributed by atoms with Gasteiger partial charge in [-0.25, -0.2) is 0 Å². The Morgan fingerprint density at radius 2 is 1.70 bits per heavy atom. The van der Waals surface area contributed by atoms with Crippen molar-refractivity contribution in [3.05, 3.63) is 24.3 Å². The first kappa shape index (κ1) is 8.42. The Bertz CT molecular complexity index is 206. The predicted octanol–water partition coefficient (Wildman–Crippen LogP) is -0.931. The molecule has 0 aromatic rings. The van der Waals surface area contributed by atoms with Crippen LogP contribution in [0.25, 0.3) is 0 Å². The molecule has 0 spiro atoms. The molecule has 0 aliphatic heterocycles. The predicted molar refractivity (Wildman–Crippen MR) is 36.7 cm³/mol. The lowest BCUT2D eigenvalue weighted by molar-refractivity contribution is -0.114. The summed E-state index contributed by atoms with van der Waals surface area (Å²) in [7, 11) is 0. The van der Waals surface area contributed by atoms with Gasteiger partial charge in [-0.05, 0) is 6.08 Å². The van der Waals surface area contributed by atoms with E-state index in [1.807, 2.05) is 0 Å². The highest BCUT2D eigenvalue weighted by molar-refractivity contribution is 5.96. The molecule has 0 bridgehead atoms. The molecule has 0 aromatic carbocycles. The minimum absolute atomic E-state index is 0.0544. The molecule has 4 nitrogen and oxygen atoms in total. The van der Waals surface area contributed by atoms with Gasteiger partial charge in [0.15, 0.2) is 0 Å². The molecule has 0 rings (SSSR count). The number of hydrogen-bond donors (Lipinski definition) is 2. The summed E-state index contributed by atoms with van der Waals surface area (Å²) in [5.74, 6) is -1.31. The average Bonchev–Trinajstić information content (AvgIpc) is 1.82. The fraction of sp³-hybridized carbons (Fsp3) is 0. The maximum absolute atomic E-state index is 10.2. The Balaban J connectivity index is 4.03. The molecule has 54 valence electrons. The summed E-state index contributed by atoms with van der Waals surface area (Å²) in [5.41, 5.74) is 9.56. The lowest BCUT2D eigenvalue weighted by Crippen LogP contribution is -2.12. The van der Waals surface area contributed by atoms with Crippen LogP contribution in [0.2, 0.25) is 0 Å². The second-order valence-electron chi connectivity index (χ2n) is 1.63. The standard InChI is InChI=1S/C6H8N2O2/c1-4(6(8)10)2-3-5(7)9/h2-3H,1H2,(H2,7,9)(H2,8,10)/i6+1. The Labute approximate surface area is 58.2 Å². The summed E-state index contributed by atoms with van der Waals surface area (Å²) in [6, 6.07) is 0. The Morgan fingerprint density at radius 3 is 2.00 bits per heavy atom. The molecule has 0 aliphatic carbocycles. The topological polar surface area (TPSA) is 86.2 Å². The van der Waals surface area contributed by atoms with Gasteiger partial charge in [0, 0.05) is 11.6 Å². The largest absolute Gasteiger partial charge is 0.366 e. The van der Waals surface area contributed by atoms with Crippen molar-refractivity contribution in [2.75, 3.05) is 0 Å². The van der Waals surface area contributed by atoms with Crippen molar-refractivity contribution in [1.82, 2.24) is 0 Å². The van der Waals surface area contributed by atoms with E-state index in [9.17, 15) is 9.59 Å². The lowest BCUT2D eigenvalue weighted by Gasteiger charge is -1.87. The molecule has 2 amide bonds. The number of nitrogens with two attached hydrogens (primary N) is 2. The van der Waals surface area contributed by atoms with Gasteiger partial charge in [0.25, 0.3) is 0 Å². The summed E-state index contributed by atoms with van der Waals surface area (Å²) >= 11 is 0. The van der Waals surface area contributed by atoms with Crippen molar-refractivity contribution in [3.8, 4) is 0 Å². The van der Waals surface area contributed by atoms with Crippen molar-refractivity contribution >= 4 is 11.8 Å². The second-order valence-corrected chi connectivity index (χ2v) is 1.63. The highest BCUT2D eigenvalue weighted by atomic mass is 16.2. The molecular weight excluding hydrogens is 133 g/mol. The molecule has 0 saturated heterocycles. The van der Waals surface area contributed by atoms with Gasteiger partial charge in [-0.15, -0.1) is 0 Å².